The fraction of sp³-hybridized carbons (Fsp3) is 0.435. The zero-order chi connectivity index (χ0) is 20.1. The van der Waals surface area contributed by atoms with Crippen molar-refractivity contribution in [3.8, 4) is 11.4 Å². The Kier molecular flexibility index (Phi) is 6.32. The summed E-state index contributed by atoms with van der Waals surface area (Å²) in [6.45, 7) is 4.68. The van der Waals surface area contributed by atoms with Gasteiger partial charge in [0.15, 0.2) is 5.82 Å². The number of carbonyl (C=O) groups is 1. The van der Waals surface area contributed by atoms with Gasteiger partial charge < -0.3 is 9.64 Å². The van der Waals surface area contributed by atoms with Crippen molar-refractivity contribution >= 4 is 11.5 Å². The molecular weight excluding hydrogens is 364 g/mol. The van der Waals surface area contributed by atoms with Gasteiger partial charge in [-0.1, -0.05) is 30.3 Å². The molecule has 2 aliphatic heterocycles. The lowest BCUT2D eigenvalue weighted by Crippen LogP contribution is -2.41. The first kappa shape index (κ1) is 19.7. The van der Waals surface area contributed by atoms with E-state index in [4.69, 9.17) is 4.74 Å². The van der Waals surface area contributed by atoms with E-state index in [1.54, 1.807) is 19.5 Å². The Morgan fingerprint density at radius 1 is 1.14 bits per heavy atom. The second-order valence-electron chi connectivity index (χ2n) is 7.81. The zero-order valence-electron chi connectivity index (χ0n) is 17.0. The van der Waals surface area contributed by atoms with E-state index in [9.17, 15) is 4.79 Å². The van der Waals surface area contributed by atoms with Gasteiger partial charge in [-0.25, -0.2) is 9.97 Å². The molecule has 0 aliphatic carbocycles. The molecule has 1 amide bonds. The van der Waals surface area contributed by atoms with Crippen LogP contribution in [0.3, 0.4) is 0 Å². The highest BCUT2D eigenvalue weighted by atomic mass is 16.5. The quantitative estimate of drug-likeness (QED) is 0.757. The van der Waals surface area contributed by atoms with Crippen LogP contribution in [-0.2, 0) is 9.53 Å². The summed E-state index contributed by atoms with van der Waals surface area (Å²) in [5.74, 6) is 1.48. The Morgan fingerprint density at radius 3 is 2.59 bits per heavy atom. The lowest BCUT2D eigenvalue weighted by atomic mass is 9.98. The fourth-order valence-corrected chi connectivity index (χ4v) is 4.12. The minimum absolute atomic E-state index is 0.243. The topological polar surface area (TPSA) is 58.6 Å². The van der Waals surface area contributed by atoms with Crippen LogP contribution in [0.5, 0.6) is 0 Å². The third-order valence-electron chi connectivity index (χ3n) is 5.77. The largest absolute Gasteiger partial charge is 0.384 e. The molecule has 0 saturated carbocycles. The number of amides is 1. The second-order valence-corrected chi connectivity index (χ2v) is 7.81. The highest BCUT2D eigenvalue weighted by Gasteiger charge is 2.27. The predicted octanol–water partition coefficient (Wildman–Crippen LogP) is 2.73. The molecule has 0 unspecified atom stereocenters. The zero-order valence-corrected chi connectivity index (χ0v) is 17.0. The molecule has 1 aromatic heterocycles. The summed E-state index contributed by atoms with van der Waals surface area (Å²) in [7, 11) is 1.73. The van der Waals surface area contributed by atoms with E-state index >= 15 is 0 Å². The van der Waals surface area contributed by atoms with Crippen molar-refractivity contribution in [2.75, 3.05) is 46.4 Å². The third kappa shape index (κ3) is 4.89. The van der Waals surface area contributed by atoms with Crippen LogP contribution in [-0.4, -0.2) is 72.1 Å². The Bertz CT molecular complexity index is 851. The summed E-state index contributed by atoms with van der Waals surface area (Å²) >= 11 is 0. The maximum Gasteiger partial charge on any atom is 0.236 e. The van der Waals surface area contributed by atoms with E-state index in [-0.39, 0.29) is 5.91 Å². The molecule has 1 saturated heterocycles. The van der Waals surface area contributed by atoms with Gasteiger partial charge in [0, 0.05) is 57.2 Å². The van der Waals surface area contributed by atoms with E-state index in [2.05, 4.69) is 45.2 Å². The average Bonchev–Trinajstić information content (AvgIpc) is 3.24. The van der Waals surface area contributed by atoms with Crippen molar-refractivity contribution in [1.82, 2.24) is 19.8 Å². The molecule has 0 N–H and O–H groups in total. The smallest absolute Gasteiger partial charge is 0.236 e. The Balaban J connectivity index is 1.31. The molecule has 0 bridgehead atoms. The van der Waals surface area contributed by atoms with Crippen molar-refractivity contribution < 1.29 is 9.53 Å². The number of ether oxygens (including phenoxy) is 1. The number of carbonyl (C=O) groups excluding carboxylic acids is 1. The minimum atomic E-state index is 0.243. The number of rotatable bonds is 6. The Morgan fingerprint density at radius 2 is 1.90 bits per heavy atom. The molecule has 6 nitrogen and oxygen atoms in total. The van der Waals surface area contributed by atoms with Crippen LogP contribution in [0.4, 0.5) is 0 Å². The predicted molar refractivity (Wildman–Crippen MR) is 113 cm³/mol. The van der Waals surface area contributed by atoms with E-state index in [0.717, 1.165) is 57.0 Å². The fourth-order valence-electron chi connectivity index (χ4n) is 4.12. The van der Waals surface area contributed by atoms with Gasteiger partial charge in [0.05, 0.1) is 13.2 Å². The molecule has 29 heavy (non-hydrogen) atoms. The highest BCUT2D eigenvalue weighted by Crippen LogP contribution is 2.25. The molecule has 152 valence electrons. The van der Waals surface area contributed by atoms with E-state index < -0.39 is 0 Å². The number of likely N-dealkylation sites (tertiary alicyclic amines) is 1. The maximum atomic E-state index is 12.6. The van der Waals surface area contributed by atoms with Crippen LogP contribution in [0, 0.1) is 5.92 Å². The van der Waals surface area contributed by atoms with Gasteiger partial charge in [0.2, 0.25) is 5.91 Å². The number of aromatic nitrogens is 2. The molecule has 1 aromatic carbocycles. The molecule has 1 atom stereocenters. The van der Waals surface area contributed by atoms with E-state index in [1.807, 2.05) is 11.0 Å². The molecule has 0 spiro atoms. The molecule has 2 aromatic rings. The van der Waals surface area contributed by atoms with Crippen LogP contribution in [0.2, 0.25) is 0 Å². The molecule has 0 radical (unpaired) electrons. The standard InChI is InChI=1S/C23H28N4O2/c1-29-17-18-7-14-27(15-18)22(28)16-26-12-8-20(9-13-26)19-3-5-21(6-4-19)23-24-10-2-11-25-23/h2-6,8,10-11,18H,7,9,12-17H2,1H3/t18-/m0/s1. The number of methoxy groups -OCH3 is 1. The van der Waals surface area contributed by atoms with Crippen molar-refractivity contribution in [3.63, 3.8) is 0 Å². The molecular formula is C23H28N4O2. The number of hydrogen-bond acceptors (Lipinski definition) is 5. The summed E-state index contributed by atoms with van der Waals surface area (Å²) in [6.07, 6.45) is 7.78. The van der Waals surface area contributed by atoms with Crippen LogP contribution < -0.4 is 0 Å². The van der Waals surface area contributed by atoms with Gasteiger partial charge in [-0.3, -0.25) is 9.69 Å². The molecule has 3 heterocycles. The number of benzene rings is 1. The molecule has 1 fully saturated rings. The van der Waals surface area contributed by atoms with Gasteiger partial charge >= 0.3 is 0 Å². The normalized spacial score (nSPS) is 20.0. The summed E-state index contributed by atoms with van der Waals surface area (Å²) in [5.41, 5.74) is 3.60. The summed E-state index contributed by atoms with van der Waals surface area (Å²) in [4.78, 5) is 25.4. The van der Waals surface area contributed by atoms with E-state index in [1.165, 1.54) is 11.1 Å². The monoisotopic (exact) mass is 392 g/mol. The first-order chi connectivity index (χ1) is 14.2. The van der Waals surface area contributed by atoms with Crippen LogP contribution in [0.15, 0.2) is 48.8 Å². The first-order valence-corrected chi connectivity index (χ1v) is 10.3. The highest BCUT2D eigenvalue weighted by molar-refractivity contribution is 5.79. The van der Waals surface area contributed by atoms with E-state index in [0.29, 0.717) is 12.5 Å². The Labute approximate surface area is 172 Å². The summed E-state index contributed by atoms with van der Waals surface area (Å²) in [6, 6.07) is 10.2. The van der Waals surface area contributed by atoms with Gasteiger partial charge in [-0.05, 0) is 30.0 Å². The average molecular weight is 393 g/mol. The SMILES string of the molecule is COC[C@H]1CCN(C(=O)CN2CC=C(c3ccc(-c4ncccn4)cc3)CC2)C1. The Hall–Kier alpha value is -2.57. The van der Waals surface area contributed by atoms with Crippen molar-refractivity contribution in [2.24, 2.45) is 5.92 Å². The summed E-state index contributed by atoms with van der Waals surface area (Å²) in [5, 5.41) is 0. The lowest BCUT2D eigenvalue weighted by molar-refractivity contribution is -0.131. The second kappa shape index (κ2) is 9.29. The summed E-state index contributed by atoms with van der Waals surface area (Å²) < 4.78 is 5.23. The van der Waals surface area contributed by atoms with Gasteiger partial charge in [0.1, 0.15) is 0 Å². The van der Waals surface area contributed by atoms with Gasteiger partial charge in [0.25, 0.3) is 0 Å². The van der Waals surface area contributed by atoms with Crippen LogP contribution in [0.1, 0.15) is 18.4 Å². The first-order valence-electron chi connectivity index (χ1n) is 10.3. The lowest BCUT2D eigenvalue weighted by Gasteiger charge is -2.28. The number of nitrogens with zero attached hydrogens (tertiary/aromatic N) is 4. The minimum Gasteiger partial charge on any atom is -0.384 e. The third-order valence-corrected chi connectivity index (χ3v) is 5.77. The molecule has 4 rings (SSSR count). The van der Waals surface area contributed by atoms with Crippen molar-refractivity contribution in [2.45, 2.75) is 12.8 Å². The van der Waals surface area contributed by atoms with Gasteiger partial charge in [-0.2, -0.15) is 0 Å². The number of hydrogen-bond donors (Lipinski definition) is 0. The van der Waals surface area contributed by atoms with Crippen LogP contribution in [0.25, 0.3) is 17.0 Å². The molecule has 2 aliphatic rings. The van der Waals surface area contributed by atoms with Crippen molar-refractivity contribution in [1.29, 1.82) is 0 Å². The van der Waals surface area contributed by atoms with Crippen LogP contribution >= 0.6 is 0 Å². The van der Waals surface area contributed by atoms with Gasteiger partial charge in [-0.15, -0.1) is 0 Å². The maximum absolute atomic E-state index is 12.6. The molecule has 6 heteroatoms. The van der Waals surface area contributed by atoms with Crippen molar-refractivity contribution in [3.05, 3.63) is 54.4 Å².